The van der Waals surface area contributed by atoms with E-state index < -0.39 is 12.3 Å². The fraction of sp³-hybridized carbons (Fsp3) is 0.857. The summed E-state index contributed by atoms with van der Waals surface area (Å²) in [6.07, 6.45) is -2.92. The quantitative estimate of drug-likeness (QED) is 0.675. The van der Waals surface area contributed by atoms with Gasteiger partial charge in [-0.05, 0) is 21.0 Å². The van der Waals surface area contributed by atoms with Crippen molar-refractivity contribution in [1.29, 1.82) is 0 Å². The lowest BCUT2D eigenvalue weighted by atomic mass is 10.3. The van der Waals surface area contributed by atoms with Crippen LogP contribution < -0.4 is 5.32 Å². The van der Waals surface area contributed by atoms with Crippen molar-refractivity contribution >= 4 is 5.91 Å². The Balaban J connectivity index is 3.61. The number of amides is 1. The smallest absolute Gasteiger partial charge is 0.315 e. The van der Waals surface area contributed by atoms with Crippen molar-refractivity contribution in [2.75, 3.05) is 20.6 Å². The number of nitrogens with one attached hydrogen (secondary N) is 1. The standard InChI is InChI=1S/C7H14F2N2O/c1-5(11(2)3)4-10-7(12)6(8)9/h5-6H,4H2,1-3H3,(H,10,12). The molecule has 1 atom stereocenters. The zero-order valence-corrected chi connectivity index (χ0v) is 7.47. The van der Waals surface area contributed by atoms with Gasteiger partial charge in [-0.25, -0.2) is 0 Å². The molecule has 0 aliphatic heterocycles. The first kappa shape index (κ1) is 11.3. The molecule has 0 aromatic carbocycles. The van der Waals surface area contributed by atoms with Crippen LogP contribution in [0.1, 0.15) is 6.92 Å². The van der Waals surface area contributed by atoms with E-state index in [2.05, 4.69) is 5.32 Å². The maximum atomic E-state index is 11.7. The van der Waals surface area contributed by atoms with Crippen molar-refractivity contribution in [1.82, 2.24) is 10.2 Å². The van der Waals surface area contributed by atoms with E-state index in [0.717, 1.165) is 0 Å². The number of likely N-dealkylation sites (N-methyl/N-ethyl adjacent to an activating group) is 1. The van der Waals surface area contributed by atoms with Crippen molar-refractivity contribution in [2.24, 2.45) is 0 Å². The average molecular weight is 180 g/mol. The molecule has 12 heavy (non-hydrogen) atoms. The Bertz CT molecular complexity index is 150. The minimum absolute atomic E-state index is 0.0627. The first-order chi connectivity index (χ1) is 5.45. The second-order valence-corrected chi connectivity index (χ2v) is 2.86. The molecule has 0 aliphatic rings. The molecule has 1 N–H and O–H groups in total. The highest BCUT2D eigenvalue weighted by Crippen LogP contribution is 1.93. The Morgan fingerprint density at radius 1 is 1.50 bits per heavy atom. The predicted octanol–water partition coefficient (Wildman–Crippen LogP) is 0.318. The minimum atomic E-state index is -2.92. The Morgan fingerprint density at radius 2 is 2.00 bits per heavy atom. The van der Waals surface area contributed by atoms with Crippen LogP contribution in [0.15, 0.2) is 0 Å². The molecule has 0 bridgehead atoms. The van der Waals surface area contributed by atoms with E-state index in [0.29, 0.717) is 0 Å². The lowest BCUT2D eigenvalue weighted by Gasteiger charge is -2.19. The Labute approximate surface area is 70.7 Å². The van der Waals surface area contributed by atoms with Crippen molar-refractivity contribution in [3.63, 3.8) is 0 Å². The number of hydrogen-bond acceptors (Lipinski definition) is 2. The van der Waals surface area contributed by atoms with Gasteiger partial charge >= 0.3 is 6.43 Å². The van der Waals surface area contributed by atoms with Gasteiger partial charge in [0, 0.05) is 12.6 Å². The van der Waals surface area contributed by atoms with Crippen LogP contribution in [0.5, 0.6) is 0 Å². The van der Waals surface area contributed by atoms with Crippen LogP contribution in [-0.4, -0.2) is 43.9 Å². The Morgan fingerprint density at radius 3 is 2.33 bits per heavy atom. The molecule has 5 heteroatoms. The summed E-state index contributed by atoms with van der Waals surface area (Å²) in [7, 11) is 3.64. The second kappa shape index (κ2) is 5.03. The Kier molecular flexibility index (Phi) is 4.73. The summed E-state index contributed by atoms with van der Waals surface area (Å²) in [6, 6.07) is 0.0627. The third-order valence-electron chi connectivity index (χ3n) is 1.65. The Hall–Kier alpha value is -0.710. The van der Waals surface area contributed by atoms with Gasteiger partial charge in [-0.2, -0.15) is 8.78 Å². The van der Waals surface area contributed by atoms with Crippen LogP contribution in [0.4, 0.5) is 8.78 Å². The topological polar surface area (TPSA) is 32.3 Å². The summed E-state index contributed by atoms with van der Waals surface area (Å²) in [5.41, 5.74) is 0. The highest BCUT2D eigenvalue weighted by Gasteiger charge is 2.15. The number of nitrogens with zero attached hydrogens (tertiary/aromatic N) is 1. The summed E-state index contributed by atoms with van der Waals surface area (Å²) in [5, 5.41) is 2.13. The first-order valence-electron chi connectivity index (χ1n) is 3.67. The van der Waals surface area contributed by atoms with Gasteiger partial charge in [0.05, 0.1) is 0 Å². The van der Waals surface area contributed by atoms with E-state index in [1.165, 1.54) is 0 Å². The molecule has 0 aliphatic carbocycles. The second-order valence-electron chi connectivity index (χ2n) is 2.86. The number of hydrogen-bond donors (Lipinski definition) is 1. The molecule has 0 fully saturated rings. The molecule has 0 saturated carbocycles. The minimum Gasteiger partial charge on any atom is -0.350 e. The molecule has 0 saturated heterocycles. The maximum Gasteiger partial charge on any atom is 0.315 e. The third-order valence-corrected chi connectivity index (χ3v) is 1.65. The molecular formula is C7H14F2N2O. The molecular weight excluding hydrogens is 166 g/mol. The van der Waals surface area contributed by atoms with E-state index in [4.69, 9.17) is 0 Å². The molecule has 0 spiro atoms. The third kappa shape index (κ3) is 4.23. The molecule has 1 amide bonds. The van der Waals surface area contributed by atoms with Crippen LogP contribution >= 0.6 is 0 Å². The molecule has 0 radical (unpaired) electrons. The number of carbonyl (C=O) groups excluding carboxylic acids is 1. The zero-order valence-electron chi connectivity index (χ0n) is 7.47. The summed E-state index contributed by atoms with van der Waals surface area (Å²) in [5.74, 6) is -1.20. The van der Waals surface area contributed by atoms with Gasteiger partial charge < -0.3 is 10.2 Å². The summed E-state index contributed by atoms with van der Waals surface area (Å²) in [6.45, 7) is 2.09. The lowest BCUT2D eigenvalue weighted by Crippen LogP contribution is -2.40. The van der Waals surface area contributed by atoms with Crippen LogP contribution in [0, 0.1) is 0 Å². The summed E-state index contributed by atoms with van der Waals surface area (Å²) < 4.78 is 23.3. The van der Waals surface area contributed by atoms with Gasteiger partial charge in [0.2, 0.25) is 0 Å². The van der Waals surface area contributed by atoms with Crippen molar-refractivity contribution < 1.29 is 13.6 Å². The number of alkyl halides is 2. The maximum absolute atomic E-state index is 11.7. The van der Waals surface area contributed by atoms with E-state index in [9.17, 15) is 13.6 Å². The fourth-order valence-electron chi connectivity index (χ4n) is 0.508. The SMILES string of the molecule is CC(CNC(=O)C(F)F)N(C)C. The van der Waals surface area contributed by atoms with E-state index >= 15 is 0 Å². The van der Waals surface area contributed by atoms with Crippen molar-refractivity contribution in [3.05, 3.63) is 0 Å². The van der Waals surface area contributed by atoms with Crippen LogP contribution in [0.25, 0.3) is 0 Å². The molecule has 0 aromatic heterocycles. The van der Waals surface area contributed by atoms with Crippen molar-refractivity contribution in [2.45, 2.75) is 19.4 Å². The average Bonchev–Trinajstić information content (AvgIpc) is 1.98. The van der Waals surface area contributed by atoms with E-state index in [1.54, 1.807) is 0 Å². The monoisotopic (exact) mass is 180 g/mol. The summed E-state index contributed by atoms with van der Waals surface area (Å²) >= 11 is 0. The fourth-order valence-corrected chi connectivity index (χ4v) is 0.508. The largest absolute Gasteiger partial charge is 0.350 e. The highest BCUT2D eigenvalue weighted by molar-refractivity contribution is 5.79. The van der Waals surface area contributed by atoms with Crippen LogP contribution in [-0.2, 0) is 4.79 Å². The first-order valence-corrected chi connectivity index (χ1v) is 3.67. The van der Waals surface area contributed by atoms with Gasteiger partial charge in [-0.1, -0.05) is 0 Å². The van der Waals surface area contributed by atoms with Gasteiger partial charge in [0.1, 0.15) is 0 Å². The van der Waals surface area contributed by atoms with Gasteiger partial charge in [0.15, 0.2) is 0 Å². The number of halogens is 2. The van der Waals surface area contributed by atoms with Gasteiger partial charge in [-0.3, -0.25) is 4.79 Å². The lowest BCUT2D eigenvalue weighted by molar-refractivity contribution is -0.131. The van der Waals surface area contributed by atoms with Crippen LogP contribution in [0.2, 0.25) is 0 Å². The molecule has 3 nitrogen and oxygen atoms in total. The van der Waals surface area contributed by atoms with Gasteiger partial charge in [-0.15, -0.1) is 0 Å². The number of rotatable bonds is 4. The molecule has 0 aromatic rings. The molecule has 72 valence electrons. The number of carbonyl (C=O) groups is 1. The highest BCUT2D eigenvalue weighted by atomic mass is 19.3. The molecule has 0 heterocycles. The molecule has 1 unspecified atom stereocenters. The van der Waals surface area contributed by atoms with Crippen LogP contribution in [0.3, 0.4) is 0 Å². The zero-order chi connectivity index (χ0) is 9.72. The van der Waals surface area contributed by atoms with Crippen molar-refractivity contribution in [3.8, 4) is 0 Å². The summed E-state index contributed by atoms with van der Waals surface area (Å²) in [4.78, 5) is 12.2. The molecule has 0 rings (SSSR count). The van der Waals surface area contributed by atoms with E-state index in [-0.39, 0.29) is 12.6 Å². The van der Waals surface area contributed by atoms with Gasteiger partial charge in [0.25, 0.3) is 5.91 Å². The predicted molar refractivity (Wildman–Crippen MR) is 42.2 cm³/mol. The van der Waals surface area contributed by atoms with E-state index in [1.807, 2.05) is 25.9 Å². The normalized spacial score (nSPS) is 13.6.